The summed E-state index contributed by atoms with van der Waals surface area (Å²) in [6, 6.07) is 3.50. The van der Waals surface area contributed by atoms with Crippen LogP contribution in [0, 0.1) is 0 Å². The van der Waals surface area contributed by atoms with Gasteiger partial charge >= 0.3 is 0 Å². The highest BCUT2D eigenvalue weighted by molar-refractivity contribution is 6.68. The van der Waals surface area contributed by atoms with Crippen LogP contribution >= 0.6 is 23.2 Å². The maximum absolute atomic E-state index is 11.1. The summed E-state index contributed by atoms with van der Waals surface area (Å²) < 4.78 is 0. The van der Waals surface area contributed by atoms with E-state index in [1.165, 1.54) is 6.33 Å². The van der Waals surface area contributed by atoms with Crippen LogP contribution in [0.15, 0.2) is 18.5 Å². The van der Waals surface area contributed by atoms with Gasteiger partial charge in [0.15, 0.2) is 0 Å². The van der Waals surface area contributed by atoms with Crippen LogP contribution in [0.25, 0.3) is 11.0 Å². The molecule has 1 aromatic carbocycles. The highest BCUT2D eigenvalue weighted by Gasteiger charge is 2.11. The Hall–Kier alpha value is -1.06. The van der Waals surface area contributed by atoms with E-state index in [1.54, 1.807) is 6.07 Å². The Morgan fingerprint density at radius 3 is 2.93 bits per heavy atom. The zero-order valence-electron chi connectivity index (χ0n) is 7.05. The number of benzene rings is 1. The maximum atomic E-state index is 11.1. The highest BCUT2D eigenvalue weighted by atomic mass is 35.5. The number of nitrogens with zero attached hydrogens (tertiary/aromatic N) is 1. The molecule has 2 rings (SSSR count). The van der Waals surface area contributed by atoms with E-state index < -0.39 is 5.24 Å². The molecule has 1 N–H and O–H groups in total. The molecule has 72 valence electrons. The van der Waals surface area contributed by atoms with Gasteiger partial charge < -0.3 is 4.98 Å². The monoisotopic (exact) mass is 228 g/mol. The number of nitrogens with one attached hydrogen (secondary N) is 1. The summed E-state index contributed by atoms with van der Waals surface area (Å²) in [6.07, 6.45) is 1.52. The lowest BCUT2D eigenvalue weighted by Crippen LogP contribution is -1.93. The lowest BCUT2D eigenvalue weighted by Gasteiger charge is -1.99. The second-order valence-corrected chi connectivity index (χ2v) is 3.46. The fourth-order valence-electron chi connectivity index (χ4n) is 1.34. The van der Waals surface area contributed by atoms with Crippen molar-refractivity contribution in [2.45, 2.75) is 5.88 Å². The molecule has 3 nitrogen and oxygen atoms in total. The summed E-state index contributed by atoms with van der Waals surface area (Å²) in [4.78, 5) is 18.0. The second kappa shape index (κ2) is 3.59. The van der Waals surface area contributed by atoms with Crippen LogP contribution in [-0.2, 0) is 5.88 Å². The number of carbonyl (C=O) groups excluding carboxylic acids is 1. The number of alkyl halides is 1. The fraction of sp³-hybridized carbons (Fsp3) is 0.111. The maximum Gasteiger partial charge on any atom is 0.254 e. The molecule has 0 aliphatic carbocycles. The van der Waals surface area contributed by atoms with E-state index in [9.17, 15) is 4.79 Å². The third-order valence-electron chi connectivity index (χ3n) is 1.95. The van der Waals surface area contributed by atoms with Crippen molar-refractivity contribution >= 4 is 39.5 Å². The molecule has 1 heterocycles. The number of rotatable bonds is 2. The normalized spacial score (nSPS) is 10.7. The van der Waals surface area contributed by atoms with Gasteiger partial charge in [0, 0.05) is 5.88 Å². The van der Waals surface area contributed by atoms with Gasteiger partial charge in [-0.25, -0.2) is 4.98 Å². The Balaban J connectivity index is 2.76. The molecule has 0 unspecified atom stereocenters. The van der Waals surface area contributed by atoms with E-state index in [2.05, 4.69) is 9.97 Å². The Morgan fingerprint density at radius 2 is 2.29 bits per heavy atom. The largest absolute Gasteiger partial charge is 0.345 e. The number of carbonyl (C=O) groups is 1. The minimum Gasteiger partial charge on any atom is -0.345 e. The van der Waals surface area contributed by atoms with Crippen LogP contribution in [0.4, 0.5) is 0 Å². The summed E-state index contributed by atoms with van der Waals surface area (Å²) in [5, 5.41) is -0.519. The van der Waals surface area contributed by atoms with Gasteiger partial charge in [-0.05, 0) is 29.3 Å². The topological polar surface area (TPSA) is 45.8 Å². The Morgan fingerprint density at radius 1 is 1.50 bits per heavy atom. The summed E-state index contributed by atoms with van der Waals surface area (Å²) in [7, 11) is 0. The molecule has 2 aromatic rings. The van der Waals surface area contributed by atoms with Gasteiger partial charge in [0.25, 0.3) is 5.24 Å². The molecule has 0 radical (unpaired) electrons. The van der Waals surface area contributed by atoms with Crippen molar-refractivity contribution < 1.29 is 4.79 Å². The van der Waals surface area contributed by atoms with Gasteiger partial charge in [0.1, 0.15) is 5.52 Å². The van der Waals surface area contributed by atoms with Crippen molar-refractivity contribution in [2.75, 3.05) is 0 Å². The van der Waals surface area contributed by atoms with E-state index in [0.717, 1.165) is 11.1 Å². The number of halogens is 2. The molecular formula is C9H6Cl2N2O. The van der Waals surface area contributed by atoms with Crippen LogP contribution in [0.5, 0.6) is 0 Å². The molecule has 14 heavy (non-hydrogen) atoms. The third kappa shape index (κ3) is 1.49. The number of aromatic nitrogens is 2. The van der Waals surface area contributed by atoms with E-state index >= 15 is 0 Å². The third-order valence-corrected chi connectivity index (χ3v) is 2.46. The first-order valence-corrected chi connectivity index (χ1v) is 4.85. The van der Waals surface area contributed by atoms with Gasteiger partial charge in [-0.2, -0.15) is 0 Å². The molecule has 0 amide bonds. The fourth-order valence-corrected chi connectivity index (χ4v) is 1.64. The van der Waals surface area contributed by atoms with Crippen LogP contribution in [0.2, 0.25) is 0 Å². The first kappa shape index (κ1) is 9.49. The molecule has 0 fully saturated rings. The van der Waals surface area contributed by atoms with Gasteiger partial charge in [-0.3, -0.25) is 4.79 Å². The van der Waals surface area contributed by atoms with Crippen molar-refractivity contribution in [3.63, 3.8) is 0 Å². The number of fused-ring (bicyclic) bond motifs is 1. The number of hydrogen-bond donors (Lipinski definition) is 1. The SMILES string of the molecule is O=C(Cl)c1cc(CCl)cc2[nH]cnc12. The average molecular weight is 229 g/mol. The van der Waals surface area contributed by atoms with Gasteiger partial charge in [0.05, 0.1) is 17.4 Å². The van der Waals surface area contributed by atoms with Crippen molar-refractivity contribution in [3.05, 3.63) is 29.6 Å². The molecule has 0 saturated carbocycles. The Bertz CT molecular complexity index is 493. The Labute approximate surface area is 90.0 Å². The predicted octanol–water partition coefficient (Wildman–Crippen LogP) is 2.68. The first-order valence-electron chi connectivity index (χ1n) is 3.94. The molecule has 1 aromatic heterocycles. The minimum atomic E-state index is -0.519. The van der Waals surface area contributed by atoms with Crippen molar-refractivity contribution in [3.8, 4) is 0 Å². The first-order chi connectivity index (χ1) is 6.72. The van der Waals surface area contributed by atoms with Crippen molar-refractivity contribution in [2.24, 2.45) is 0 Å². The van der Waals surface area contributed by atoms with Gasteiger partial charge in [-0.1, -0.05) is 0 Å². The molecule has 0 aliphatic heterocycles. The van der Waals surface area contributed by atoms with Gasteiger partial charge in [0.2, 0.25) is 0 Å². The number of hydrogen-bond acceptors (Lipinski definition) is 2. The average Bonchev–Trinajstić information content (AvgIpc) is 2.63. The molecule has 0 bridgehead atoms. The molecule has 0 aliphatic rings. The van der Waals surface area contributed by atoms with E-state index in [1.807, 2.05) is 6.07 Å². The number of H-pyrrole nitrogens is 1. The summed E-state index contributed by atoms with van der Waals surface area (Å²) in [6.45, 7) is 0. The lowest BCUT2D eigenvalue weighted by atomic mass is 10.1. The summed E-state index contributed by atoms with van der Waals surface area (Å²) >= 11 is 11.1. The zero-order valence-corrected chi connectivity index (χ0v) is 8.56. The van der Waals surface area contributed by atoms with Crippen LogP contribution < -0.4 is 0 Å². The van der Waals surface area contributed by atoms with Gasteiger partial charge in [-0.15, -0.1) is 11.6 Å². The highest BCUT2D eigenvalue weighted by Crippen LogP contribution is 2.20. The van der Waals surface area contributed by atoms with E-state index in [-0.39, 0.29) is 0 Å². The molecule has 5 heteroatoms. The summed E-state index contributed by atoms with van der Waals surface area (Å²) in [5.74, 6) is 0.339. The smallest absolute Gasteiger partial charge is 0.254 e. The standard InChI is InChI=1S/C9H6Cl2N2O/c10-3-5-1-6(9(11)14)8-7(2-5)12-4-13-8/h1-2,4H,3H2,(H,12,13). The molecular weight excluding hydrogens is 223 g/mol. The summed E-state index contributed by atoms with van der Waals surface area (Å²) in [5.41, 5.74) is 2.58. The predicted molar refractivity (Wildman–Crippen MR) is 55.8 cm³/mol. The van der Waals surface area contributed by atoms with Crippen molar-refractivity contribution in [1.82, 2.24) is 9.97 Å². The lowest BCUT2D eigenvalue weighted by molar-refractivity contribution is 0.108. The van der Waals surface area contributed by atoms with E-state index in [4.69, 9.17) is 23.2 Å². The van der Waals surface area contributed by atoms with Crippen LogP contribution in [0.3, 0.4) is 0 Å². The molecule has 0 saturated heterocycles. The van der Waals surface area contributed by atoms with E-state index in [0.29, 0.717) is 17.0 Å². The minimum absolute atomic E-state index is 0.339. The molecule has 0 atom stereocenters. The number of imidazole rings is 1. The van der Waals surface area contributed by atoms with Crippen LogP contribution in [0.1, 0.15) is 15.9 Å². The second-order valence-electron chi connectivity index (χ2n) is 2.85. The molecule has 0 spiro atoms. The number of aromatic amines is 1. The van der Waals surface area contributed by atoms with Crippen molar-refractivity contribution in [1.29, 1.82) is 0 Å². The van der Waals surface area contributed by atoms with Crippen LogP contribution in [-0.4, -0.2) is 15.2 Å². The quantitative estimate of drug-likeness (QED) is 0.635. The zero-order chi connectivity index (χ0) is 10.1. The Kier molecular flexibility index (Phi) is 2.44.